The zero-order valence-electron chi connectivity index (χ0n) is 8.14. The Bertz CT molecular complexity index is 374. The van der Waals surface area contributed by atoms with Crippen LogP contribution in [-0.2, 0) is 11.2 Å². The summed E-state index contributed by atoms with van der Waals surface area (Å²) in [5, 5.41) is 24.9. The normalized spacial score (nSPS) is 12.3. The maximum Gasteiger partial charge on any atom is 0.342 e. The third-order valence-electron chi connectivity index (χ3n) is 2.07. The standard InChI is InChI=1S/C8H11N3O4/c1-5(8(12)13)2-3-6-4-7(10-9-6)11(14)15/h4-5H,2-3H2,1H3,(H,9,10)(H,12,13). The van der Waals surface area contributed by atoms with E-state index < -0.39 is 16.8 Å². The quantitative estimate of drug-likeness (QED) is 0.559. The lowest BCUT2D eigenvalue weighted by molar-refractivity contribution is -0.389. The molecule has 1 aromatic rings. The second kappa shape index (κ2) is 4.54. The molecule has 0 spiro atoms. The monoisotopic (exact) mass is 213 g/mol. The highest BCUT2D eigenvalue weighted by Gasteiger charge is 2.14. The summed E-state index contributed by atoms with van der Waals surface area (Å²) in [5.41, 5.74) is 0.509. The largest absolute Gasteiger partial charge is 0.481 e. The molecule has 0 amide bonds. The minimum Gasteiger partial charge on any atom is -0.481 e. The lowest BCUT2D eigenvalue weighted by atomic mass is 10.0. The van der Waals surface area contributed by atoms with E-state index >= 15 is 0 Å². The number of aromatic nitrogens is 2. The van der Waals surface area contributed by atoms with Crippen LogP contribution in [0.15, 0.2) is 6.07 Å². The fraction of sp³-hybridized carbons (Fsp3) is 0.500. The van der Waals surface area contributed by atoms with Crippen LogP contribution in [0.1, 0.15) is 19.0 Å². The van der Waals surface area contributed by atoms with Gasteiger partial charge in [0.05, 0.1) is 17.7 Å². The Morgan fingerprint density at radius 3 is 2.93 bits per heavy atom. The SMILES string of the molecule is CC(CCc1cc([N+](=O)[O-])[nH]n1)C(=O)O. The van der Waals surface area contributed by atoms with Gasteiger partial charge in [0.1, 0.15) is 0 Å². The molecule has 0 saturated heterocycles. The van der Waals surface area contributed by atoms with Crippen LogP contribution < -0.4 is 0 Å². The van der Waals surface area contributed by atoms with Gasteiger partial charge in [-0.05, 0) is 17.8 Å². The molecule has 0 aliphatic heterocycles. The minimum absolute atomic E-state index is 0.173. The number of hydrogen-bond acceptors (Lipinski definition) is 4. The van der Waals surface area contributed by atoms with Crippen LogP contribution in [0.3, 0.4) is 0 Å². The Morgan fingerprint density at radius 2 is 2.47 bits per heavy atom. The summed E-state index contributed by atoms with van der Waals surface area (Å²) in [6.45, 7) is 1.59. The van der Waals surface area contributed by atoms with Crippen molar-refractivity contribution in [2.75, 3.05) is 0 Å². The lowest BCUT2D eigenvalue weighted by Gasteiger charge is -2.02. The van der Waals surface area contributed by atoms with Crippen molar-refractivity contribution in [2.45, 2.75) is 19.8 Å². The van der Waals surface area contributed by atoms with Crippen LogP contribution in [0.2, 0.25) is 0 Å². The molecule has 2 N–H and O–H groups in total. The Morgan fingerprint density at radius 1 is 1.80 bits per heavy atom. The van der Waals surface area contributed by atoms with Gasteiger partial charge in [-0.15, -0.1) is 5.10 Å². The van der Waals surface area contributed by atoms with Gasteiger partial charge >= 0.3 is 11.8 Å². The zero-order valence-corrected chi connectivity index (χ0v) is 8.14. The molecule has 82 valence electrons. The van der Waals surface area contributed by atoms with E-state index in [-0.39, 0.29) is 5.82 Å². The van der Waals surface area contributed by atoms with Gasteiger partial charge in [-0.3, -0.25) is 4.79 Å². The van der Waals surface area contributed by atoms with Crippen LogP contribution in [0.25, 0.3) is 0 Å². The van der Waals surface area contributed by atoms with Crippen molar-refractivity contribution in [3.05, 3.63) is 21.9 Å². The first-order valence-electron chi connectivity index (χ1n) is 4.42. The van der Waals surface area contributed by atoms with Crippen LogP contribution in [0, 0.1) is 16.0 Å². The highest BCUT2D eigenvalue weighted by molar-refractivity contribution is 5.69. The van der Waals surface area contributed by atoms with E-state index in [1.165, 1.54) is 6.07 Å². The van der Waals surface area contributed by atoms with Gasteiger partial charge in [-0.1, -0.05) is 12.0 Å². The van der Waals surface area contributed by atoms with E-state index in [0.717, 1.165) is 0 Å². The number of carboxylic acids is 1. The number of hydrogen-bond donors (Lipinski definition) is 2. The van der Waals surface area contributed by atoms with Crippen molar-refractivity contribution in [3.63, 3.8) is 0 Å². The molecule has 1 aromatic heterocycles. The van der Waals surface area contributed by atoms with Crippen molar-refractivity contribution in [1.82, 2.24) is 10.2 Å². The predicted molar refractivity (Wildman–Crippen MR) is 50.4 cm³/mol. The molecular weight excluding hydrogens is 202 g/mol. The first kappa shape index (κ1) is 11.2. The van der Waals surface area contributed by atoms with Crippen LogP contribution in [0.5, 0.6) is 0 Å². The maximum atomic E-state index is 10.5. The topological polar surface area (TPSA) is 109 Å². The molecule has 1 heterocycles. The number of nitrogens with zero attached hydrogens (tertiary/aromatic N) is 2. The molecule has 0 aliphatic rings. The van der Waals surface area contributed by atoms with Crippen LogP contribution >= 0.6 is 0 Å². The second-order valence-electron chi connectivity index (χ2n) is 3.28. The highest BCUT2D eigenvalue weighted by atomic mass is 16.6. The first-order valence-corrected chi connectivity index (χ1v) is 4.42. The van der Waals surface area contributed by atoms with Crippen molar-refractivity contribution >= 4 is 11.8 Å². The number of aliphatic carboxylic acids is 1. The summed E-state index contributed by atoms with van der Waals surface area (Å²) in [7, 11) is 0. The number of nitrogens with one attached hydrogen (secondary N) is 1. The van der Waals surface area contributed by atoms with Crippen LogP contribution in [0.4, 0.5) is 5.82 Å². The van der Waals surface area contributed by atoms with Gasteiger partial charge in [0.2, 0.25) is 0 Å². The summed E-state index contributed by atoms with van der Waals surface area (Å²) in [6, 6.07) is 1.31. The van der Waals surface area contributed by atoms with Gasteiger partial charge in [-0.25, -0.2) is 0 Å². The molecule has 0 bridgehead atoms. The Kier molecular flexibility index (Phi) is 3.37. The summed E-state index contributed by atoms with van der Waals surface area (Å²) in [5.74, 6) is -1.52. The van der Waals surface area contributed by atoms with E-state index in [4.69, 9.17) is 5.11 Å². The molecule has 15 heavy (non-hydrogen) atoms. The summed E-state index contributed by atoms with van der Waals surface area (Å²) in [4.78, 5) is 20.2. The van der Waals surface area contributed by atoms with E-state index in [9.17, 15) is 14.9 Å². The van der Waals surface area contributed by atoms with E-state index in [1.807, 2.05) is 0 Å². The minimum atomic E-state index is -0.875. The first-order chi connectivity index (χ1) is 7.00. The number of aromatic amines is 1. The molecule has 7 nitrogen and oxygen atoms in total. The van der Waals surface area contributed by atoms with Crippen molar-refractivity contribution in [3.8, 4) is 0 Å². The number of aryl methyl sites for hydroxylation is 1. The molecule has 0 radical (unpaired) electrons. The number of H-pyrrole nitrogens is 1. The number of nitro groups is 1. The van der Waals surface area contributed by atoms with Crippen molar-refractivity contribution in [2.24, 2.45) is 5.92 Å². The molecule has 1 atom stereocenters. The lowest BCUT2D eigenvalue weighted by Crippen LogP contribution is -2.10. The molecule has 7 heteroatoms. The van der Waals surface area contributed by atoms with Crippen molar-refractivity contribution < 1.29 is 14.8 Å². The number of carboxylic acid groups (broad SMARTS) is 1. The third kappa shape index (κ3) is 3.04. The molecule has 0 fully saturated rings. The molecule has 0 saturated carbocycles. The predicted octanol–water partition coefficient (Wildman–Crippen LogP) is 0.971. The van der Waals surface area contributed by atoms with E-state index in [0.29, 0.717) is 18.5 Å². The smallest absolute Gasteiger partial charge is 0.342 e. The average molecular weight is 213 g/mol. The highest BCUT2D eigenvalue weighted by Crippen LogP contribution is 2.12. The van der Waals surface area contributed by atoms with E-state index in [2.05, 4.69) is 10.2 Å². The van der Waals surface area contributed by atoms with Gasteiger partial charge in [-0.2, -0.15) is 0 Å². The fourth-order valence-electron chi connectivity index (χ4n) is 1.06. The Hall–Kier alpha value is -1.92. The molecule has 1 rings (SSSR count). The van der Waals surface area contributed by atoms with E-state index in [1.54, 1.807) is 6.92 Å². The maximum absolute atomic E-state index is 10.5. The zero-order chi connectivity index (χ0) is 11.4. The molecular formula is C8H11N3O4. The third-order valence-corrected chi connectivity index (χ3v) is 2.07. The van der Waals surface area contributed by atoms with Gasteiger partial charge in [0.25, 0.3) is 0 Å². The van der Waals surface area contributed by atoms with Gasteiger partial charge < -0.3 is 15.2 Å². The summed E-state index contributed by atoms with van der Waals surface area (Å²) >= 11 is 0. The van der Waals surface area contributed by atoms with Crippen molar-refractivity contribution in [1.29, 1.82) is 0 Å². The molecule has 1 unspecified atom stereocenters. The van der Waals surface area contributed by atoms with Gasteiger partial charge in [0.15, 0.2) is 0 Å². The Labute approximate surface area is 85.3 Å². The Balaban J connectivity index is 2.51. The molecule has 0 aliphatic carbocycles. The second-order valence-corrected chi connectivity index (χ2v) is 3.28. The average Bonchev–Trinajstić information content (AvgIpc) is 2.62. The van der Waals surface area contributed by atoms with Gasteiger partial charge in [0, 0.05) is 0 Å². The molecule has 0 aromatic carbocycles. The fourth-order valence-corrected chi connectivity index (χ4v) is 1.06. The van der Waals surface area contributed by atoms with Crippen LogP contribution in [-0.4, -0.2) is 26.2 Å². The summed E-state index contributed by atoms with van der Waals surface area (Å²) in [6.07, 6.45) is 0.829. The number of carbonyl (C=O) groups is 1. The number of rotatable bonds is 5. The summed E-state index contributed by atoms with van der Waals surface area (Å²) < 4.78 is 0.